The lowest BCUT2D eigenvalue weighted by atomic mass is 9.93. The van der Waals surface area contributed by atoms with Gasteiger partial charge in [-0.25, -0.2) is 0 Å². The lowest BCUT2D eigenvalue weighted by Gasteiger charge is -2.30. The van der Waals surface area contributed by atoms with Crippen molar-refractivity contribution in [2.45, 2.75) is 45.1 Å². The predicted octanol–water partition coefficient (Wildman–Crippen LogP) is 1.77. The van der Waals surface area contributed by atoms with Gasteiger partial charge >= 0.3 is 0 Å². The van der Waals surface area contributed by atoms with Gasteiger partial charge in [-0.1, -0.05) is 12.1 Å². The maximum atomic E-state index is 5.40. The molecule has 2 saturated heterocycles. The van der Waals surface area contributed by atoms with Gasteiger partial charge in [0.2, 0.25) is 5.89 Å². The molecule has 0 saturated carbocycles. The van der Waals surface area contributed by atoms with Crippen molar-refractivity contribution >= 4 is 0 Å². The van der Waals surface area contributed by atoms with Crippen molar-refractivity contribution in [1.82, 2.24) is 20.4 Å². The minimum atomic E-state index is 0.295. The van der Waals surface area contributed by atoms with Crippen LogP contribution in [0.25, 0.3) is 0 Å². The molecule has 5 nitrogen and oxygen atoms in total. The number of likely N-dealkylation sites (tertiary alicyclic amines) is 1. The molecule has 0 amide bonds. The first-order valence-electron chi connectivity index (χ1n) is 7.63. The number of nitrogens with one attached hydrogen (secondary N) is 1. The summed E-state index contributed by atoms with van der Waals surface area (Å²) in [5, 5.41) is 7.55. The van der Waals surface area contributed by atoms with Crippen LogP contribution in [-0.4, -0.2) is 41.2 Å². The van der Waals surface area contributed by atoms with E-state index in [9.17, 15) is 0 Å². The molecule has 106 valence electrons. The second kappa shape index (κ2) is 6.01. The summed E-state index contributed by atoms with van der Waals surface area (Å²) < 4.78 is 5.40. The maximum absolute atomic E-state index is 5.40. The Morgan fingerprint density at radius 3 is 2.84 bits per heavy atom. The van der Waals surface area contributed by atoms with Crippen LogP contribution in [0.5, 0.6) is 0 Å². The van der Waals surface area contributed by atoms with Crippen LogP contribution in [0, 0.1) is 5.92 Å². The van der Waals surface area contributed by atoms with E-state index in [4.69, 9.17) is 4.52 Å². The molecular formula is C14H24N4O. The lowest BCUT2D eigenvalue weighted by Crippen LogP contribution is -2.34. The topological polar surface area (TPSA) is 54.2 Å². The highest BCUT2D eigenvalue weighted by Gasteiger charge is 2.24. The molecule has 1 atom stereocenters. The molecule has 3 heterocycles. The molecule has 0 spiro atoms. The molecule has 0 aromatic carbocycles. The zero-order valence-corrected chi connectivity index (χ0v) is 11.8. The van der Waals surface area contributed by atoms with Gasteiger partial charge in [0.05, 0.1) is 6.04 Å². The van der Waals surface area contributed by atoms with E-state index >= 15 is 0 Å². The third kappa shape index (κ3) is 3.15. The third-order valence-electron chi connectivity index (χ3n) is 4.47. The highest BCUT2D eigenvalue weighted by molar-refractivity contribution is 4.96. The summed E-state index contributed by atoms with van der Waals surface area (Å²) in [7, 11) is 0. The van der Waals surface area contributed by atoms with Crippen LogP contribution in [0.2, 0.25) is 0 Å². The second-order valence-electron chi connectivity index (χ2n) is 5.78. The van der Waals surface area contributed by atoms with Gasteiger partial charge in [-0.3, -0.25) is 0 Å². The highest BCUT2D eigenvalue weighted by Crippen LogP contribution is 2.24. The Labute approximate surface area is 114 Å². The molecule has 1 N–H and O–H groups in total. The van der Waals surface area contributed by atoms with Gasteiger partial charge in [0.15, 0.2) is 5.82 Å². The monoisotopic (exact) mass is 264 g/mol. The largest absolute Gasteiger partial charge is 0.338 e. The number of piperidine rings is 1. The minimum absolute atomic E-state index is 0.295. The summed E-state index contributed by atoms with van der Waals surface area (Å²) in [4.78, 5) is 7.09. The first-order chi connectivity index (χ1) is 9.35. The number of nitrogens with zero attached hydrogens (tertiary/aromatic N) is 3. The van der Waals surface area contributed by atoms with E-state index in [-0.39, 0.29) is 0 Å². The SMILES string of the molecule is CCN1CCC(Cc2noc(C3CCCN3)n2)CC1. The molecule has 3 rings (SSSR count). The molecular weight excluding hydrogens is 240 g/mol. The van der Waals surface area contributed by atoms with Crippen LogP contribution >= 0.6 is 0 Å². The Morgan fingerprint density at radius 1 is 1.32 bits per heavy atom. The smallest absolute Gasteiger partial charge is 0.243 e. The molecule has 1 unspecified atom stereocenters. The van der Waals surface area contributed by atoms with Crippen LogP contribution in [0.1, 0.15) is 50.4 Å². The normalized spacial score (nSPS) is 26.1. The van der Waals surface area contributed by atoms with Crippen LogP contribution in [-0.2, 0) is 6.42 Å². The third-order valence-corrected chi connectivity index (χ3v) is 4.47. The summed E-state index contributed by atoms with van der Waals surface area (Å²) in [5.41, 5.74) is 0. The van der Waals surface area contributed by atoms with E-state index in [1.165, 1.54) is 38.9 Å². The lowest BCUT2D eigenvalue weighted by molar-refractivity contribution is 0.190. The quantitative estimate of drug-likeness (QED) is 0.898. The number of hydrogen-bond acceptors (Lipinski definition) is 5. The summed E-state index contributed by atoms with van der Waals surface area (Å²) in [6, 6.07) is 0.295. The standard InChI is InChI=1S/C14H24N4O/c1-2-18-8-5-11(6-9-18)10-13-16-14(19-17-13)12-4-3-7-15-12/h11-12,15H,2-10H2,1H3. The van der Waals surface area contributed by atoms with Crippen molar-refractivity contribution in [2.24, 2.45) is 5.92 Å². The molecule has 2 fully saturated rings. The molecule has 19 heavy (non-hydrogen) atoms. The number of hydrogen-bond donors (Lipinski definition) is 1. The van der Waals surface area contributed by atoms with Crippen molar-refractivity contribution in [2.75, 3.05) is 26.2 Å². The van der Waals surface area contributed by atoms with Crippen LogP contribution in [0.3, 0.4) is 0 Å². The summed E-state index contributed by atoms with van der Waals surface area (Å²) >= 11 is 0. The Kier molecular flexibility index (Phi) is 4.13. The fourth-order valence-electron chi connectivity index (χ4n) is 3.15. The fourth-order valence-corrected chi connectivity index (χ4v) is 3.15. The molecule has 1 aromatic heterocycles. The molecule has 0 radical (unpaired) electrons. The van der Waals surface area contributed by atoms with E-state index < -0.39 is 0 Å². The molecule has 2 aliphatic rings. The van der Waals surface area contributed by atoms with Crippen LogP contribution in [0.4, 0.5) is 0 Å². The zero-order valence-electron chi connectivity index (χ0n) is 11.8. The number of aromatic nitrogens is 2. The van der Waals surface area contributed by atoms with E-state index in [1.807, 2.05) is 0 Å². The summed E-state index contributed by atoms with van der Waals surface area (Å²) in [5.74, 6) is 2.42. The second-order valence-corrected chi connectivity index (χ2v) is 5.78. The average Bonchev–Trinajstić information content (AvgIpc) is 3.10. The van der Waals surface area contributed by atoms with Crippen molar-refractivity contribution in [1.29, 1.82) is 0 Å². The zero-order chi connectivity index (χ0) is 13.1. The van der Waals surface area contributed by atoms with Gasteiger partial charge in [-0.05, 0) is 57.8 Å². The summed E-state index contributed by atoms with van der Waals surface area (Å²) in [6.07, 6.45) is 5.83. The molecule has 1 aromatic rings. The van der Waals surface area contributed by atoms with Crippen LogP contribution < -0.4 is 5.32 Å². The molecule has 0 aliphatic carbocycles. The fraction of sp³-hybridized carbons (Fsp3) is 0.857. The summed E-state index contributed by atoms with van der Waals surface area (Å²) in [6.45, 7) is 6.91. The molecule has 5 heteroatoms. The van der Waals surface area contributed by atoms with E-state index in [0.29, 0.717) is 6.04 Å². The average molecular weight is 264 g/mol. The van der Waals surface area contributed by atoms with E-state index in [0.717, 1.165) is 37.0 Å². The van der Waals surface area contributed by atoms with E-state index in [1.54, 1.807) is 0 Å². The molecule has 2 aliphatic heterocycles. The van der Waals surface area contributed by atoms with Crippen molar-refractivity contribution in [3.05, 3.63) is 11.7 Å². The molecule has 0 bridgehead atoms. The Morgan fingerprint density at radius 2 is 2.16 bits per heavy atom. The predicted molar refractivity (Wildman–Crippen MR) is 72.8 cm³/mol. The first-order valence-corrected chi connectivity index (χ1v) is 7.63. The van der Waals surface area contributed by atoms with E-state index in [2.05, 4.69) is 27.3 Å². The Bertz CT molecular complexity index is 392. The van der Waals surface area contributed by atoms with Crippen molar-refractivity contribution < 1.29 is 4.52 Å². The Balaban J connectivity index is 1.52. The van der Waals surface area contributed by atoms with Gasteiger partial charge in [0.25, 0.3) is 0 Å². The van der Waals surface area contributed by atoms with Gasteiger partial charge in [0, 0.05) is 6.42 Å². The number of rotatable bonds is 4. The van der Waals surface area contributed by atoms with Gasteiger partial charge < -0.3 is 14.7 Å². The first kappa shape index (κ1) is 13.1. The highest BCUT2D eigenvalue weighted by atomic mass is 16.5. The maximum Gasteiger partial charge on any atom is 0.243 e. The Hall–Kier alpha value is -0.940. The van der Waals surface area contributed by atoms with Gasteiger partial charge in [-0.2, -0.15) is 4.98 Å². The van der Waals surface area contributed by atoms with Gasteiger partial charge in [-0.15, -0.1) is 0 Å². The minimum Gasteiger partial charge on any atom is -0.338 e. The van der Waals surface area contributed by atoms with Gasteiger partial charge in [0.1, 0.15) is 0 Å². The van der Waals surface area contributed by atoms with Crippen molar-refractivity contribution in [3.8, 4) is 0 Å². The van der Waals surface area contributed by atoms with Crippen LogP contribution in [0.15, 0.2) is 4.52 Å². The van der Waals surface area contributed by atoms with Crippen molar-refractivity contribution in [3.63, 3.8) is 0 Å².